The Kier molecular flexibility index (Phi) is 6.42. The van der Waals surface area contributed by atoms with Crippen molar-refractivity contribution in [2.75, 3.05) is 13.1 Å². The highest BCUT2D eigenvalue weighted by Gasteiger charge is 2.85. The molecule has 1 saturated heterocycles. The molecule has 0 radical (unpaired) electrons. The Labute approximate surface area is 150 Å². The van der Waals surface area contributed by atoms with E-state index in [-0.39, 0.29) is 31.4 Å². The first kappa shape index (κ1) is 23.8. The number of likely N-dealkylation sites (N-methyl/N-ethyl adjacent to an activating group) is 1. The lowest BCUT2D eigenvalue weighted by atomic mass is 9.90. The molecule has 1 fully saturated rings. The van der Waals surface area contributed by atoms with Gasteiger partial charge in [-0.15, -0.1) is 0 Å². The van der Waals surface area contributed by atoms with Gasteiger partial charge in [0.15, 0.2) is 6.04 Å². The Morgan fingerprint density at radius 3 is 1.89 bits per heavy atom. The SMILES string of the molecule is C=C(C)C(=O)[N+]1(CC)CCCCCC1C(F)(F)C(F)(F)C(F)(F)C(F)(F)F. The maximum Gasteiger partial charge on any atom is 0.460 e. The quantitative estimate of drug-likeness (QED) is 0.337. The van der Waals surface area contributed by atoms with Crippen LogP contribution in [0, 0.1) is 0 Å². The minimum Gasteiger partial charge on any atom is -0.249 e. The highest BCUT2D eigenvalue weighted by atomic mass is 19.4. The van der Waals surface area contributed by atoms with Gasteiger partial charge in [-0.3, -0.25) is 0 Å². The van der Waals surface area contributed by atoms with Crippen molar-refractivity contribution in [3.63, 3.8) is 0 Å². The van der Waals surface area contributed by atoms with Crippen LogP contribution in [-0.4, -0.2) is 53.5 Å². The van der Waals surface area contributed by atoms with Gasteiger partial charge in [-0.2, -0.15) is 39.5 Å². The summed E-state index contributed by atoms with van der Waals surface area (Å²) < 4.78 is 120. The number of carbonyl (C=O) groups is 1. The monoisotopic (exact) mass is 414 g/mol. The van der Waals surface area contributed by atoms with E-state index >= 15 is 0 Å². The molecule has 1 amide bonds. The molecule has 0 aliphatic carbocycles. The molecule has 0 aromatic carbocycles. The zero-order valence-corrected chi connectivity index (χ0v) is 14.8. The number of quaternary nitrogens is 1. The summed E-state index contributed by atoms with van der Waals surface area (Å²) in [7, 11) is 0. The lowest BCUT2D eigenvalue weighted by molar-refractivity contribution is -0.887. The fraction of sp³-hybridized carbons (Fsp3) is 0.812. The smallest absolute Gasteiger partial charge is 0.249 e. The van der Waals surface area contributed by atoms with Crippen LogP contribution < -0.4 is 0 Å². The lowest BCUT2D eigenvalue weighted by Gasteiger charge is -2.46. The van der Waals surface area contributed by atoms with Gasteiger partial charge < -0.3 is 0 Å². The molecule has 1 aliphatic rings. The van der Waals surface area contributed by atoms with E-state index in [1.54, 1.807) is 0 Å². The van der Waals surface area contributed by atoms with Crippen LogP contribution in [0.4, 0.5) is 39.5 Å². The molecule has 11 heteroatoms. The van der Waals surface area contributed by atoms with Crippen molar-refractivity contribution in [2.45, 2.75) is 69.5 Å². The highest BCUT2D eigenvalue weighted by molar-refractivity contribution is 5.86. The molecular formula is C16H21F9NO+. The fourth-order valence-corrected chi connectivity index (χ4v) is 3.54. The molecule has 0 bridgehead atoms. The number of halogens is 9. The second-order valence-electron chi connectivity index (χ2n) is 6.79. The normalized spacial score (nSPS) is 25.8. The molecule has 158 valence electrons. The first-order chi connectivity index (χ1) is 12.0. The van der Waals surface area contributed by atoms with Crippen LogP contribution in [0.5, 0.6) is 0 Å². The van der Waals surface area contributed by atoms with Crippen molar-refractivity contribution >= 4 is 5.91 Å². The van der Waals surface area contributed by atoms with Crippen LogP contribution in [-0.2, 0) is 4.79 Å². The molecular weight excluding hydrogens is 393 g/mol. The van der Waals surface area contributed by atoms with Gasteiger partial charge in [0, 0.05) is 12.0 Å². The van der Waals surface area contributed by atoms with Crippen LogP contribution in [0.15, 0.2) is 12.2 Å². The average Bonchev–Trinajstić information content (AvgIpc) is 2.75. The zero-order chi connectivity index (χ0) is 21.5. The van der Waals surface area contributed by atoms with Gasteiger partial charge in [0.05, 0.1) is 13.1 Å². The van der Waals surface area contributed by atoms with E-state index in [9.17, 15) is 44.3 Å². The van der Waals surface area contributed by atoms with E-state index in [4.69, 9.17) is 0 Å². The van der Waals surface area contributed by atoms with Gasteiger partial charge in [-0.1, -0.05) is 6.58 Å². The molecule has 0 N–H and O–H groups in total. The third-order valence-electron chi connectivity index (χ3n) is 5.05. The van der Waals surface area contributed by atoms with Gasteiger partial charge in [-0.25, -0.2) is 9.28 Å². The van der Waals surface area contributed by atoms with Crippen LogP contribution in [0.1, 0.15) is 39.5 Å². The number of hydrogen-bond donors (Lipinski definition) is 0. The fourth-order valence-electron chi connectivity index (χ4n) is 3.54. The van der Waals surface area contributed by atoms with Gasteiger partial charge in [0.2, 0.25) is 0 Å². The Bertz CT molecular complexity index is 585. The van der Waals surface area contributed by atoms with E-state index in [1.165, 1.54) is 6.92 Å². The Hall–Kier alpha value is -1.26. The number of rotatable bonds is 5. The van der Waals surface area contributed by atoms with Gasteiger partial charge in [0.25, 0.3) is 0 Å². The largest absolute Gasteiger partial charge is 0.460 e. The van der Waals surface area contributed by atoms with Crippen molar-refractivity contribution in [2.24, 2.45) is 0 Å². The van der Waals surface area contributed by atoms with Crippen molar-refractivity contribution in [3.8, 4) is 0 Å². The predicted octanol–water partition coefficient (Wildman–Crippen LogP) is 5.34. The van der Waals surface area contributed by atoms with E-state index in [1.807, 2.05) is 0 Å². The first-order valence-corrected chi connectivity index (χ1v) is 8.28. The van der Waals surface area contributed by atoms with Crippen molar-refractivity contribution in [1.82, 2.24) is 0 Å². The lowest BCUT2D eigenvalue weighted by Crippen LogP contribution is -2.72. The molecule has 2 atom stereocenters. The summed E-state index contributed by atoms with van der Waals surface area (Å²) in [5.41, 5.74) is -0.273. The molecule has 27 heavy (non-hydrogen) atoms. The van der Waals surface area contributed by atoms with Crippen LogP contribution >= 0.6 is 0 Å². The average molecular weight is 414 g/mol. The van der Waals surface area contributed by atoms with Crippen LogP contribution in [0.2, 0.25) is 0 Å². The number of hydrogen-bond acceptors (Lipinski definition) is 1. The van der Waals surface area contributed by atoms with Crippen molar-refractivity contribution in [1.29, 1.82) is 0 Å². The minimum absolute atomic E-state index is 0.114. The predicted molar refractivity (Wildman–Crippen MR) is 78.6 cm³/mol. The van der Waals surface area contributed by atoms with Gasteiger partial charge >= 0.3 is 29.9 Å². The standard InChI is InChI=1S/C16H21F9NO/c1-4-26(12(27)10(2)3)9-7-5-6-8-11(26)13(17,18)14(19,20)15(21,22)16(23,24)25/h11H,2,4-9H2,1,3H3/q+1. The molecule has 1 heterocycles. The van der Waals surface area contributed by atoms with Gasteiger partial charge in [0.1, 0.15) is 0 Å². The molecule has 0 aromatic rings. The number of carbonyl (C=O) groups excluding carboxylic acids is 1. The zero-order valence-electron chi connectivity index (χ0n) is 14.8. The highest BCUT2D eigenvalue weighted by Crippen LogP contribution is 2.56. The topological polar surface area (TPSA) is 17.1 Å². The van der Waals surface area contributed by atoms with Gasteiger partial charge in [-0.05, 0) is 33.1 Å². The summed E-state index contributed by atoms with van der Waals surface area (Å²) >= 11 is 0. The molecule has 1 aliphatic heterocycles. The summed E-state index contributed by atoms with van der Waals surface area (Å²) in [4.78, 5) is 12.5. The maximum atomic E-state index is 14.7. The molecule has 0 saturated carbocycles. The molecule has 2 unspecified atom stereocenters. The Morgan fingerprint density at radius 1 is 0.963 bits per heavy atom. The third-order valence-corrected chi connectivity index (χ3v) is 5.05. The second-order valence-corrected chi connectivity index (χ2v) is 6.79. The number of alkyl halides is 9. The summed E-state index contributed by atoms with van der Waals surface area (Å²) in [6.45, 7) is 4.80. The van der Waals surface area contributed by atoms with E-state index in [0.717, 1.165) is 6.92 Å². The minimum atomic E-state index is -6.97. The molecule has 2 nitrogen and oxygen atoms in total. The van der Waals surface area contributed by atoms with E-state index < -0.39 is 53.3 Å². The van der Waals surface area contributed by atoms with E-state index in [2.05, 4.69) is 6.58 Å². The number of nitrogens with zero attached hydrogens (tertiary/aromatic N) is 1. The molecule has 1 rings (SSSR count). The summed E-state index contributed by atoms with van der Waals surface area (Å²) in [6, 6.07) is -2.74. The van der Waals surface area contributed by atoms with E-state index in [0.29, 0.717) is 0 Å². The van der Waals surface area contributed by atoms with Crippen LogP contribution in [0.25, 0.3) is 0 Å². The molecule has 0 spiro atoms. The van der Waals surface area contributed by atoms with Crippen LogP contribution in [0.3, 0.4) is 0 Å². The summed E-state index contributed by atoms with van der Waals surface area (Å²) in [5, 5.41) is 0. The Balaban J connectivity index is 3.63. The van der Waals surface area contributed by atoms with Crippen molar-refractivity contribution in [3.05, 3.63) is 12.2 Å². The molecule has 0 aromatic heterocycles. The summed E-state index contributed by atoms with van der Waals surface area (Å²) in [5.74, 6) is -20.6. The third kappa shape index (κ3) is 3.58. The number of likely N-dealkylation sites (tertiary alicyclic amines) is 1. The summed E-state index contributed by atoms with van der Waals surface area (Å²) in [6.07, 6.45) is -7.40. The first-order valence-electron chi connectivity index (χ1n) is 8.28. The van der Waals surface area contributed by atoms with Crippen molar-refractivity contribution < 1.29 is 48.8 Å². The number of amides is 1. The second kappa shape index (κ2) is 7.29. The maximum absolute atomic E-state index is 14.7. The Morgan fingerprint density at radius 2 is 1.48 bits per heavy atom.